The first kappa shape index (κ1) is 29.0. The van der Waals surface area contributed by atoms with Crippen molar-refractivity contribution in [3.63, 3.8) is 0 Å². The normalized spacial score (nSPS) is 12.6. The highest BCUT2D eigenvalue weighted by atomic mass is 31.1. The number of hydrogen-bond acceptors (Lipinski definition) is 5. The number of methoxy groups -OCH3 is 3. The largest absolute Gasteiger partial charge is 0.497 e. The molecule has 210 valence electrons. The third-order valence-corrected chi connectivity index (χ3v) is 8.54. The number of ether oxygens (including phenoxy) is 3. The molecule has 0 fully saturated rings. The number of hydrogen-bond donors (Lipinski definition) is 0. The fraction of sp³-hybridized carbons (Fsp3) is 0.455. The standard InChI is InChI=1S/C33H43O5P/c1-31(2,3)25-17-20(34-10)13-14-28(25)39-37-29-23(15-21(35-11)18-26(29)32(4,5)6)24-16-22(36-12)19-27(30(24)38-39)33(7,8)9/h13-19H,1-12H3. The second-order valence-corrected chi connectivity index (χ2v) is 14.5. The van der Waals surface area contributed by atoms with Crippen molar-refractivity contribution in [1.82, 2.24) is 0 Å². The van der Waals surface area contributed by atoms with Gasteiger partial charge in [-0.25, -0.2) is 0 Å². The molecule has 0 saturated carbocycles. The van der Waals surface area contributed by atoms with Gasteiger partial charge in [-0.15, -0.1) is 0 Å². The molecule has 0 aliphatic carbocycles. The summed E-state index contributed by atoms with van der Waals surface area (Å²) in [5, 5.41) is 2.91. The summed E-state index contributed by atoms with van der Waals surface area (Å²) in [4.78, 5) is 0. The van der Waals surface area contributed by atoms with Crippen LogP contribution < -0.4 is 14.2 Å². The van der Waals surface area contributed by atoms with Crippen LogP contribution in [0, 0.1) is 0 Å². The fourth-order valence-electron chi connectivity index (χ4n) is 4.84. The number of rotatable bonds is 4. The Morgan fingerprint density at radius 3 is 1.26 bits per heavy atom. The van der Waals surface area contributed by atoms with E-state index in [1.54, 1.807) is 21.3 Å². The molecule has 6 heteroatoms. The van der Waals surface area contributed by atoms with Gasteiger partial charge in [-0.1, -0.05) is 62.3 Å². The van der Waals surface area contributed by atoms with E-state index in [9.17, 15) is 0 Å². The fourth-order valence-corrected chi connectivity index (χ4v) is 6.59. The summed E-state index contributed by atoms with van der Waals surface area (Å²) in [5.74, 6) is 2.37. The minimum Gasteiger partial charge on any atom is -0.497 e. The van der Waals surface area contributed by atoms with Gasteiger partial charge in [0.05, 0.1) is 26.6 Å². The third-order valence-electron chi connectivity index (χ3n) is 7.06. The number of benzene rings is 3. The molecular weight excluding hydrogens is 507 g/mol. The molecule has 0 spiro atoms. The number of fused-ring (bicyclic) bond motifs is 3. The molecule has 1 heterocycles. The van der Waals surface area contributed by atoms with Gasteiger partial charge in [0.2, 0.25) is 0 Å². The van der Waals surface area contributed by atoms with E-state index in [0.717, 1.165) is 61.2 Å². The molecule has 0 aliphatic heterocycles. The van der Waals surface area contributed by atoms with Crippen LogP contribution in [0.5, 0.6) is 17.2 Å². The van der Waals surface area contributed by atoms with Crippen LogP contribution in [0.1, 0.15) is 79.0 Å². The zero-order valence-electron chi connectivity index (χ0n) is 25.5. The van der Waals surface area contributed by atoms with Crippen molar-refractivity contribution in [2.75, 3.05) is 21.3 Å². The van der Waals surface area contributed by atoms with E-state index in [1.165, 1.54) is 0 Å². The first-order chi connectivity index (χ1) is 18.1. The van der Waals surface area contributed by atoms with Crippen molar-refractivity contribution < 1.29 is 22.6 Å². The maximum Gasteiger partial charge on any atom is 0.253 e. The van der Waals surface area contributed by atoms with Gasteiger partial charge in [-0.05, 0) is 64.3 Å². The second kappa shape index (κ2) is 10.2. The van der Waals surface area contributed by atoms with Crippen molar-refractivity contribution in [2.45, 2.75) is 78.6 Å². The predicted octanol–water partition coefficient (Wildman–Crippen LogP) is 10.2. The summed E-state index contributed by atoms with van der Waals surface area (Å²) < 4.78 is 31.3. The molecule has 3 aromatic carbocycles. The van der Waals surface area contributed by atoms with E-state index in [2.05, 4.69) is 98.7 Å². The van der Waals surface area contributed by atoms with Crippen LogP contribution in [0.25, 0.3) is 27.2 Å². The highest BCUT2D eigenvalue weighted by Gasteiger charge is 2.28. The van der Waals surface area contributed by atoms with E-state index >= 15 is 0 Å². The molecular formula is C33H43O5P. The smallest absolute Gasteiger partial charge is 0.253 e. The lowest BCUT2D eigenvalue weighted by Crippen LogP contribution is -2.12. The van der Waals surface area contributed by atoms with Gasteiger partial charge >= 0.3 is 0 Å². The summed E-state index contributed by atoms with van der Waals surface area (Å²) in [7, 11) is 3.54. The van der Waals surface area contributed by atoms with Crippen molar-refractivity contribution >= 4 is 30.0 Å². The first-order valence-corrected chi connectivity index (χ1v) is 14.6. The lowest BCUT2D eigenvalue weighted by atomic mass is 9.84. The van der Waals surface area contributed by atoms with E-state index < -0.39 is 8.01 Å². The predicted molar refractivity (Wildman–Crippen MR) is 163 cm³/mol. The van der Waals surface area contributed by atoms with Crippen LogP contribution in [0.3, 0.4) is 0 Å². The van der Waals surface area contributed by atoms with Crippen LogP contribution in [-0.4, -0.2) is 21.3 Å². The van der Waals surface area contributed by atoms with E-state index in [0.29, 0.717) is 0 Å². The zero-order chi connectivity index (χ0) is 28.9. The Hall–Kier alpha value is -3.04. The van der Waals surface area contributed by atoms with Gasteiger partial charge in [0, 0.05) is 21.9 Å². The average Bonchev–Trinajstić information content (AvgIpc) is 3.02. The Labute approximate surface area is 234 Å². The minimum atomic E-state index is -1.56. The Balaban J connectivity index is 2.35. The van der Waals surface area contributed by atoms with Crippen LogP contribution in [-0.2, 0) is 16.2 Å². The first-order valence-electron chi connectivity index (χ1n) is 13.4. The summed E-state index contributed by atoms with van der Waals surface area (Å²) in [5.41, 5.74) is 4.32. The maximum absolute atomic E-state index is 7.04. The highest BCUT2D eigenvalue weighted by Crippen LogP contribution is 2.51. The molecule has 0 bridgehead atoms. The summed E-state index contributed by atoms with van der Waals surface area (Å²) in [6, 6.07) is 14.5. The Morgan fingerprint density at radius 1 is 0.513 bits per heavy atom. The topological polar surface area (TPSA) is 54.0 Å². The molecule has 0 amide bonds. The van der Waals surface area contributed by atoms with Gasteiger partial charge in [0.15, 0.2) is 0 Å². The summed E-state index contributed by atoms with van der Waals surface area (Å²) in [6.07, 6.45) is 0. The van der Waals surface area contributed by atoms with Crippen LogP contribution >= 0.6 is 8.01 Å². The molecule has 0 unspecified atom stereocenters. The molecule has 0 saturated heterocycles. The molecule has 4 rings (SSSR count). The van der Waals surface area contributed by atoms with Crippen LogP contribution in [0.2, 0.25) is 0 Å². The quantitative estimate of drug-likeness (QED) is 0.253. The monoisotopic (exact) mass is 550 g/mol. The summed E-state index contributed by atoms with van der Waals surface area (Å²) >= 11 is 0. The Bertz CT molecular complexity index is 1480. The summed E-state index contributed by atoms with van der Waals surface area (Å²) in [6.45, 7) is 19.8. The molecule has 0 N–H and O–H groups in total. The van der Waals surface area contributed by atoms with Crippen molar-refractivity contribution in [3.8, 4) is 22.6 Å². The minimum absolute atomic E-state index is 0.156. The lowest BCUT2D eigenvalue weighted by Gasteiger charge is -2.23. The van der Waals surface area contributed by atoms with Crippen molar-refractivity contribution in [2.24, 2.45) is 0 Å². The van der Waals surface area contributed by atoms with Gasteiger partial charge in [0.25, 0.3) is 8.01 Å². The third kappa shape index (κ3) is 5.65. The molecule has 0 atom stereocenters. The average molecular weight is 551 g/mol. The molecule has 5 nitrogen and oxygen atoms in total. The van der Waals surface area contributed by atoms with Gasteiger partial charge < -0.3 is 22.6 Å². The lowest BCUT2D eigenvalue weighted by molar-refractivity contribution is 0.413. The molecule has 39 heavy (non-hydrogen) atoms. The van der Waals surface area contributed by atoms with Crippen LogP contribution in [0.4, 0.5) is 0 Å². The maximum atomic E-state index is 7.04. The molecule has 4 aromatic rings. The van der Waals surface area contributed by atoms with E-state index in [1.807, 2.05) is 6.07 Å². The molecule has 1 aromatic heterocycles. The Kier molecular flexibility index (Phi) is 7.55. The highest BCUT2D eigenvalue weighted by molar-refractivity contribution is 7.45. The van der Waals surface area contributed by atoms with Gasteiger partial charge in [-0.3, -0.25) is 0 Å². The molecule has 0 radical (unpaired) electrons. The van der Waals surface area contributed by atoms with E-state index in [4.69, 9.17) is 22.6 Å². The van der Waals surface area contributed by atoms with Gasteiger partial charge in [0.1, 0.15) is 28.4 Å². The zero-order valence-corrected chi connectivity index (χ0v) is 26.4. The van der Waals surface area contributed by atoms with Crippen molar-refractivity contribution in [3.05, 3.63) is 59.2 Å². The van der Waals surface area contributed by atoms with Crippen LogP contribution in [0.15, 0.2) is 50.9 Å². The SMILES string of the molecule is COc1ccc(-p2oc3c(C(C)(C)C)cc(OC)cc3c3cc(OC)cc(C(C)(C)C)c3o2)c(C(C)(C)C)c1. The van der Waals surface area contributed by atoms with E-state index in [-0.39, 0.29) is 16.2 Å². The molecule has 0 aliphatic rings. The van der Waals surface area contributed by atoms with Crippen molar-refractivity contribution in [1.29, 1.82) is 0 Å². The van der Waals surface area contributed by atoms with Gasteiger partial charge in [-0.2, -0.15) is 0 Å². The Morgan fingerprint density at radius 2 is 0.897 bits per heavy atom. The second-order valence-electron chi connectivity index (χ2n) is 13.2.